The Balaban J connectivity index is 1.84. The average Bonchev–Trinajstić information content (AvgIpc) is 3.14. The predicted molar refractivity (Wildman–Crippen MR) is 109 cm³/mol. The fraction of sp³-hybridized carbons (Fsp3) is 0.0952. The van der Waals surface area contributed by atoms with Gasteiger partial charge in [0.1, 0.15) is 5.82 Å². The number of carbonyl (C=O) groups excluding carboxylic acids is 1. The molecule has 0 amide bonds. The molecule has 0 radical (unpaired) electrons. The van der Waals surface area contributed by atoms with Crippen LogP contribution in [0, 0.1) is 0 Å². The Labute approximate surface area is 166 Å². The van der Waals surface area contributed by atoms with Crippen LogP contribution in [0.1, 0.15) is 17.4 Å². The summed E-state index contributed by atoms with van der Waals surface area (Å²) >= 11 is 6.00. The number of benzene rings is 2. The van der Waals surface area contributed by atoms with E-state index in [9.17, 15) is 4.79 Å². The Kier molecular flexibility index (Phi) is 4.95. The minimum absolute atomic E-state index is 0.207. The Bertz CT molecular complexity index is 1120. The molecule has 2 heterocycles. The number of halogens is 1. The van der Waals surface area contributed by atoms with E-state index in [1.54, 1.807) is 17.5 Å². The molecule has 4 rings (SSSR count). The summed E-state index contributed by atoms with van der Waals surface area (Å²) < 4.78 is 6.66. The first-order valence-electron chi connectivity index (χ1n) is 8.80. The van der Waals surface area contributed by atoms with Gasteiger partial charge in [0.05, 0.1) is 12.3 Å². The summed E-state index contributed by atoms with van der Waals surface area (Å²) in [7, 11) is 0. The van der Waals surface area contributed by atoms with Gasteiger partial charge in [0, 0.05) is 28.4 Å². The number of aromatic nitrogens is 3. The van der Waals surface area contributed by atoms with Gasteiger partial charge in [0.2, 0.25) is 0 Å². The van der Waals surface area contributed by atoms with E-state index in [2.05, 4.69) is 15.4 Å². The molecule has 0 saturated heterocycles. The van der Waals surface area contributed by atoms with Gasteiger partial charge in [0.25, 0.3) is 0 Å². The maximum Gasteiger partial charge on any atom is 0.358 e. The molecule has 2 aromatic carbocycles. The van der Waals surface area contributed by atoms with Crippen LogP contribution in [0.15, 0.2) is 66.7 Å². The molecule has 0 atom stereocenters. The Hall–Kier alpha value is -3.38. The number of carbonyl (C=O) groups is 1. The van der Waals surface area contributed by atoms with Crippen molar-refractivity contribution in [1.82, 2.24) is 14.6 Å². The van der Waals surface area contributed by atoms with Crippen molar-refractivity contribution in [3.8, 4) is 11.3 Å². The van der Waals surface area contributed by atoms with Crippen LogP contribution in [-0.4, -0.2) is 27.2 Å². The Morgan fingerprint density at radius 2 is 1.86 bits per heavy atom. The molecule has 0 unspecified atom stereocenters. The van der Waals surface area contributed by atoms with E-state index < -0.39 is 5.97 Å². The van der Waals surface area contributed by atoms with Gasteiger partial charge in [-0.15, -0.1) is 0 Å². The number of nitrogens with one attached hydrogen (secondary N) is 1. The summed E-state index contributed by atoms with van der Waals surface area (Å²) in [4.78, 5) is 16.8. The number of hydrogen-bond acceptors (Lipinski definition) is 5. The molecule has 1 N–H and O–H groups in total. The van der Waals surface area contributed by atoms with Gasteiger partial charge in [-0.3, -0.25) is 0 Å². The highest BCUT2D eigenvalue weighted by Gasteiger charge is 2.16. The SMILES string of the molecule is CCOC(=O)c1cc2nc(-c3ccc(Cl)cc3)cc(Nc3ccccc3)n2n1. The Morgan fingerprint density at radius 3 is 2.57 bits per heavy atom. The predicted octanol–water partition coefficient (Wildman–Crippen LogP) is 4.97. The zero-order chi connectivity index (χ0) is 19.5. The van der Waals surface area contributed by atoms with E-state index in [1.165, 1.54) is 0 Å². The second kappa shape index (κ2) is 7.70. The van der Waals surface area contributed by atoms with Crippen molar-refractivity contribution in [2.24, 2.45) is 0 Å². The quantitative estimate of drug-likeness (QED) is 0.485. The molecule has 0 aliphatic carbocycles. The van der Waals surface area contributed by atoms with Gasteiger partial charge >= 0.3 is 5.97 Å². The van der Waals surface area contributed by atoms with Gasteiger partial charge in [-0.1, -0.05) is 41.9 Å². The summed E-state index contributed by atoms with van der Waals surface area (Å²) in [5.74, 6) is 0.198. The van der Waals surface area contributed by atoms with Crippen LogP contribution in [0.25, 0.3) is 16.9 Å². The van der Waals surface area contributed by atoms with Crippen LogP contribution in [0.2, 0.25) is 5.02 Å². The summed E-state index contributed by atoms with van der Waals surface area (Å²) in [5, 5.41) is 8.36. The number of fused-ring (bicyclic) bond motifs is 1. The Morgan fingerprint density at radius 1 is 1.11 bits per heavy atom. The maximum atomic E-state index is 12.1. The fourth-order valence-corrected chi connectivity index (χ4v) is 2.93. The molecule has 0 saturated carbocycles. The lowest BCUT2D eigenvalue weighted by Gasteiger charge is -2.10. The first-order chi connectivity index (χ1) is 13.6. The van der Waals surface area contributed by atoms with E-state index in [0.717, 1.165) is 16.9 Å². The second-order valence-electron chi connectivity index (χ2n) is 6.04. The normalized spacial score (nSPS) is 10.8. The van der Waals surface area contributed by atoms with Crippen LogP contribution in [0.3, 0.4) is 0 Å². The molecule has 0 bridgehead atoms. The maximum absolute atomic E-state index is 12.1. The molecular weight excluding hydrogens is 376 g/mol. The smallest absolute Gasteiger partial charge is 0.358 e. The van der Waals surface area contributed by atoms with Gasteiger partial charge < -0.3 is 10.1 Å². The standard InChI is InChI=1S/C21H17ClN4O2/c1-2-28-21(27)18-13-20-24-17(14-8-10-15(22)11-9-14)12-19(26(20)25-18)23-16-6-4-3-5-7-16/h3-13,23H,2H2,1H3. The van der Waals surface area contributed by atoms with Crippen LogP contribution in [-0.2, 0) is 4.74 Å². The lowest BCUT2D eigenvalue weighted by molar-refractivity contribution is 0.0519. The molecule has 0 aliphatic heterocycles. The third kappa shape index (κ3) is 3.68. The van der Waals surface area contributed by atoms with Gasteiger partial charge in [-0.25, -0.2) is 9.78 Å². The largest absolute Gasteiger partial charge is 0.461 e. The zero-order valence-corrected chi connectivity index (χ0v) is 15.8. The molecule has 140 valence electrons. The number of esters is 1. The number of rotatable bonds is 5. The van der Waals surface area contributed by atoms with Crippen molar-refractivity contribution in [2.45, 2.75) is 6.92 Å². The number of hydrogen-bond donors (Lipinski definition) is 1. The van der Waals surface area contributed by atoms with Crippen LogP contribution in [0.5, 0.6) is 0 Å². The van der Waals surface area contributed by atoms with Crippen molar-refractivity contribution in [2.75, 3.05) is 11.9 Å². The highest BCUT2D eigenvalue weighted by atomic mass is 35.5. The minimum atomic E-state index is -0.480. The summed E-state index contributed by atoms with van der Waals surface area (Å²) in [6, 6.07) is 20.6. The topological polar surface area (TPSA) is 68.5 Å². The molecule has 4 aromatic rings. The van der Waals surface area contributed by atoms with E-state index in [-0.39, 0.29) is 12.3 Å². The number of anilines is 2. The second-order valence-corrected chi connectivity index (χ2v) is 6.48. The fourth-order valence-electron chi connectivity index (χ4n) is 2.81. The van der Waals surface area contributed by atoms with Crippen molar-refractivity contribution in [3.63, 3.8) is 0 Å². The van der Waals surface area contributed by atoms with E-state index in [0.29, 0.717) is 16.5 Å². The first-order valence-corrected chi connectivity index (χ1v) is 9.18. The molecule has 28 heavy (non-hydrogen) atoms. The van der Waals surface area contributed by atoms with Gasteiger partial charge in [-0.05, 0) is 31.2 Å². The van der Waals surface area contributed by atoms with Crippen LogP contribution in [0.4, 0.5) is 11.5 Å². The van der Waals surface area contributed by atoms with E-state index in [1.807, 2.05) is 60.7 Å². The van der Waals surface area contributed by atoms with Crippen molar-refractivity contribution in [3.05, 3.63) is 77.4 Å². The molecule has 0 fully saturated rings. The molecule has 2 aromatic heterocycles. The monoisotopic (exact) mass is 392 g/mol. The lowest BCUT2D eigenvalue weighted by Crippen LogP contribution is -2.06. The zero-order valence-electron chi connectivity index (χ0n) is 15.1. The average molecular weight is 393 g/mol. The number of nitrogens with zero attached hydrogens (tertiary/aromatic N) is 3. The molecular formula is C21H17ClN4O2. The third-order valence-corrected chi connectivity index (χ3v) is 4.35. The van der Waals surface area contributed by atoms with E-state index >= 15 is 0 Å². The molecule has 7 heteroatoms. The summed E-state index contributed by atoms with van der Waals surface area (Å²) in [5.41, 5.74) is 3.28. The van der Waals surface area contributed by atoms with E-state index in [4.69, 9.17) is 16.3 Å². The first kappa shape index (κ1) is 18.0. The lowest BCUT2D eigenvalue weighted by atomic mass is 10.1. The van der Waals surface area contributed by atoms with Crippen molar-refractivity contribution >= 4 is 34.7 Å². The summed E-state index contributed by atoms with van der Waals surface area (Å²) in [6.07, 6.45) is 0. The molecule has 0 spiro atoms. The number of para-hydroxylation sites is 1. The highest BCUT2D eigenvalue weighted by Crippen LogP contribution is 2.26. The number of ether oxygens (including phenoxy) is 1. The van der Waals surface area contributed by atoms with Crippen molar-refractivity contribution < 1.29 is 9.53 Å². The summed E-state index contributed by atoms with van der Waals surface area (Å²) in [6.45, 7) is 2.04. The van der Waals surface area contributed by atoms with Gasteiger partial charge in [-0.2, -0.15) is 9.61 Å². The van der Waals surface area contributed by atoms with Gasteiger partial charge in [0.15, 0.2) is 11.3 Å². The highest BCUT2D eigenvalue weighted by molar-refractivity contribution is 6.30. The van der Waals surface area contributed by atoms with Crippen LogP contribution >= 0.6 is 11.6 Å². The van der Waals surface area contributed by atoms with Crippen molar-refractivity contribution in [1.29, 1.82) is 0 Å². The molecule has 6 nitrogen and oxygen atoms in total. The third-order valence-electron chi connectivity index (χ3n) is 4.10. The minimum Gasteiger partial charge on any atom is -0.461 e. The molecule has 0 aliphatic rings. The van der Waals surface area contributed by atoms with Crippen LogP contribution < -0.4 is 5.32 Å².